The van der Waals surface area contributed by atoms with Crippen molar-refractivity contribution in [1.82, 2.24) is 14.7 Å². The molecule has 2 heterocycles. The molecule has 0 aliphatic carbocycles. The molecule has 0 atom stereocenters. The van der Waals surface area contributed by atoms with Gasteiger partial charge in [-0.05, 0) is 23.8 Å². The van der Waals surface area contributed by atoms with Gasteiger partial charge in [-0.1, -0.05) is 37.8 Å². The van der Waals surface area contributed by atoms with Crippen molar-refractivity contribution in [3.8, 4) is 11.1 Å². The van der Waals surface area contributed by atoms with Crippen molar-refractivity contribution in [2.45, 2.75) is 7.43 Å². The number of halogens is 2. The number of carbonyl (C=O) groups is 1. The molecule has 166 valence electrons. The third kappa shape index (κ3) is 4.23. The summed E-state index contributed by atoms with van der Waals surface area (Å²) in [6, 6.07) is 12.7. The zero-order valence-electron chi connectivity index (χ0n) is 16.1. The number of H-pyrrole nitrogens is 1. The summed E-state index contributed by atoms with van der Waals surface area (Å²) in [6.45, 7) is 0. The van der Waals surface area contributed by atoms with E-state index in [0.29, 0.717) is 11.0 Å². The third-order valence-corrected chi connectivity index (χ3v) is 5.74. The molecule has 10 heteroatoms. The number of ketones is 1. The van der Waals surface area contributed by atoms with Crippen LogP contribution in [-0.4, -0.2) is 31.2 Å². The fourth-order valence-electron chi connectivity index (χ4n) is 3.15. The summed E-state index contributed by atoms with van der Waals surface area (Å²) < 4.78 is 56.6. The van der Waals surface area contributed by atoms with Gasteiger partial charge in [0.15, 0.2) is 5.82 Å². The van der Waals surface area contributed by atoms with Crippen molar-refractivity contribution in [3.05, 3.63) is 83.7 Å². The number of anilines is 1. The SMILES string of the molecule is C.CNS(=O)(=O)Nc1ccc(F)c(C(=O)c2c[nH]c3ncc(-c4ccccc4)cc23)c1F. The van der Waals surface area contributed by atoms with E-state index in [1.54, 1.807) is 12.3 Å². The van der Waals surface area contributed by atoms with Crippen LogP contribution in [0.25, 0.3) is 22.2 Å². The molecule has 4 rings (SSSR count). The van der Waals surface area contributed by atoms with Gasteiger partial charge in [-0.25, -0.2) is 18.5 Å². The number of pyridine rings is 1. The number of fused-ring (bicyclic) bond motifs is 1. The van der Waals surface area contributed by atoms with Crippen molar-refractivity contribution >= 4 is 32.7 Å². The largest absolute Gasteiger partial charge is 0.345 e. The summed E-state index contributed by atoms with van der Waals surface area (Å²) in [5, 5.41) is 0.381. The van der Waals surface area contributed by atoms with Crippen molar-refractivity contribution in [2.24, 2.45) is 0 Å². The number of aromatic nitrogens is 2. The van der Waals surface area contributed by atoms with Gasteiger partial charge in [-0.3, -0.25) is 9.52 Å². The standard InChI is InChI=1S/C21H16F2N4O3S.CH4/c1-24-31(29,30)27-17-8-7-16(22)18(19(17)23)20(28)15-11-26-21-14(15)9-13(10-25-21)12-5-3-2-4-6-12;/h2-11,24,27H,1H3,(H,25,26);1H4. The highest BCUT2D eigenvalue weighted by Gasteiger charge is 2.25. The molecule has 2 aromatic heterocycles. The van der Waals surface area contributed by atoms with Crippen LogP contribution in [0.4, 0.5) is 14.5 Å². The Morgan fingerprint density at radius 1 is 1.06 bits per heavy atom. The highest BCUT2D eigenvalue weighted by molar-refractivity contribution is 7.90. The first-order valence-electron chi connectivity index (χ1n) is 9.07. The molecule has 0 aliphatic rings. The lowest BCUT2D eigenvalue weighted by Crippen LogP contribution is -2.27. The van der Waals surface area contributed by atoms with Crippen molar-refractivity contribution in [3.63, 3.8) is 0 Å². The van der Waals surface area contributed by atoms with Gasteiger partial charge < -0.3 is 4.98 Å². The van der Waals surface area contributed by atoms with E-state index >= 15 is 0 Å². The zero-order valence-corrected chi connectivity index (χ0v) is 16.9. The zero-order chi connectivity index (χ0) is 22.2. The van der Waals surface area contributed by atoms with E-state index in [1.165, 1.54) is 6.20 Å². The molecule has 2 aromatic carbocycles. The number of nitrogens with zero attached hydrogens (tertiary/aromatic N) is 1. The van der Waals surface area contributed by atoms with Crippen molar-refractivity contribution < 1.29 is 22.0 Å². The van der Waals surface area contributed by atoms with Gasteiger partial charge in [0.05, 0.1) is 11.3 Å². The number of hydrogen-bond donors (Lipinski definition) is 3. The summed E-state index contributed by atoms with van der Waals surface area (Å²) >= 11 is 0. The Morgan fingerprint density at radius 3 is 2.47 bits per heavy atom. The fraction of sp³-hybridized carbons (Fsp3) is 0.0909. The molecule has 0 amide bonds. The number of hydrogen-bond acceptors (Lipinski definition) is 4. The Bertz CT molecular complexity index is 1400. The van der Waals surface area contributed by atoms with Crippen LogP contribution in [-0.2, 0) is 10.2 Å². The van der Waals surface area contributed by atoms with E-state index in [0.717, 1.165) is 30.3 Å². The minimum Gasteiger partial charge on any atom is -0.345 e. The van der Waals surface area contributed by atoms with Gasteiger partial charge in [0, 0.05) is 36.0 Å². The van der Waals surface area contributed by atoms with Gasteiger partial charge in [0.25, 0.3) is 10.2 Å². The smallest absolute Gasteiger partial charge is 0.298 e. The lowest BCUT2D eigenvalue weighted by molar-refractivity contribution is 0.103. The molecule has 0 fully saturated rings. The molecule has 0 unspecified atom stereocenters. The van der Waals surface area contributed by atoms with Crippen LogP contribution in [0.3, 0.4) is 0 Å². The maximum Gasteiger partial charge on any atom is 0.298 e. The van der Waals surface area contributed by atoms with Crippen LogP contribution >= 0.6 is 0 Å². The second-order valence-electron chi connectivity index (χ2n) is 6.61. The molecule has 3 N–H and O–H groups in total. The molecule has 4 aromatic rings. The lowest BCUT2D eigenvalue weighted by atomic mass is 10.00. The van der Waals surface area contributed by atoms with Gasteiger partial charge in [0.1, 0.15) is 11.5 Å². The first-order chi connectivity index (χ1) is 14.8. The van der Waals surface area contributed by atoms with E-state index in [4.69, 9.17) is 0 Å². The Labute approximate surface area is 183 Å². The quantitative estimate of drug-likeness (QED) is 0.376. The number of carbonyl (C=O) groups excluding carboxylic acids is 1. The number of aromatic amines is 1. The monoisotopic (exact) mass is 458 g/mol. The minimum absolute atomic E-state index is 0. The minimum atomic E-state index is -4.07. The molecule has 32 heavy (non-hydrogen) atoms. The number of benzene rings is 2. The summed E-state index contributed by atoms with van der Waals surface area (Å²) in [7, 11) is -2.94. The molecule has 0 radical (unpaired) electrons. The van der Waals surface area contributed by atoms with Gasteiger partial charge in [0.2, 0.25) is 5.78 Å². The molecule has 0 saturated carbocycles. The molecular weight excluding hydrogens is 438 g/mol. The fourth-order valence-corrected chi connectivity index (χ4v) is 3.70. The number of nitrogens with one attached hydrogen (secondary N) is 3. The first kappa shape index (κ1) is 23.0. The van der Waals surface area contributed by atoms with E-state index in [1.807, 2.05) is 39.8 Å². The van der Waals surface area contributed by atoms with Crippen LogP contribution in [0, 0.1) is 11.6 Å². The predicted octanol–water partition coefficient (Wildman–Crippen LogP) is 4.25. The Morgan fingerprint density at radius 2 is 1.78 bits per heavy atom. The Hall–Kier alpha value is -3.63. The molecular formula is C22H20F2N4O3S. The molecule has 0 aliphatic heterocycles. The van der Waals surface area contributed by atoms with Crippen LogP contribution in [0.2, 0.25) is 0 Å². The maximum absolute atomic E-state index is 14.9. The van der Waals surface area contributed by atoms with Gasteiger partial charge >= 0.3 is 0 Å². The third-order valence-electron chi connectivity index (χ3n) is 4.71. The van der Waals surface area contributed by atoms with E-state index in [2.05, 4.69) is 9.97 Å². The summed E-state index contributed by atoms with van der Waals surface area (Å²) in [6.07, 6.45) is 2.94. The highest BCUT2D eigenvalue weighted by atomic mass is 32.2. The van der Waals surface area contributed by atoms with Gasteiger partial charge in [-0.2, -0.15) is 8.42 Å². The lowest BCUT2D eigenvalue weighted by Gasteiger charge is -2.11. The van der Waals surface area contributed by atoms with Crippen LogP contribution in [0.15, 0.2) is 60.9 Å². The maximum atomic E-state index is 14.9. The normalized spacial score (nSPS) is 11.2. The summed E-state index contributed by atoms with van der Waals surface area (Å²) in [5.74, 6) is -3.37. The Balaban J connectivity index is 0.00000289. The first-order valence-corrected chi connectivity index (χ1v) is 10.6. The molecule has 0 spiro atoms. The predicted molar refractivity (Wildman–Crippen MR) is 120 cm³/mol. The molecule has 0 bridgehead atoms. The van der Waals surface area contributed by atoms with Crippen LogP contribution in [0.1, 0.15) is 23.3 Å². The van der Waals surface area contributed by atoms with Crippen molar-refractivity contribution in [2.75, 3.05) is 11.8 Å². The second-order valence-corrected chi connectivity index (χ2v) is 8.23. The average Bonchev–Trinajstić information content (AvgIpc) is 3.19. The topological polar surface area (TPSA) is 104 Å². The Kier molecular flexibility index (Phi) is 6.37. The number of rotatable bonds is 6. The highest BCUT2D eigenvalue weighted by Crippen LogP contribution is 2.29. The van der Waals surface area contributed by atoms with Crippen LogP contribution < -0.4 is 9.44 Å². The van der Waals surface area contributed by atoms with E-state index in [-0.39, 0.29) is 13.0 Å². The average molecular weight is 458 g/mol. The summed E-state index contributed by atoms with van der Waals surface area (Å²) in [4.78, 5) is 20.2. The van der Waals surface area contributed by atoms with Crippen molar-refractivity contribution in [1.29, 1.82) is 0 Å². The summed E-state index contributed by atoms with van der Waals surface area (Å²) in [5.41, 5.74) is 0.530. The van der Waals surface area contributed by atoms with Crippen LogP contribution in [0.5, 0.6) is 0 Å². The molecule has 7 nitrogen and oxygen atoms in total. The van der Waals surface area contributed by atoms with E-state index in [9.17, 15) is 22.0 Å². The van der Waals surface area contributed by atoms with E-state index < -0.39 is 38.9 Å². The van der Waals surface area contributed by atoms with Gasteiger partial charge in [-0.15, -0.1) is 0 Å². The molecule has 0 saturated heterocycles. The second kappa shape index (κ2) is 8.85.